The molecule has 1 aromatic carbocycles. The maximum Gasteiger partial charge on any atom is 0.371 e. The van der Waals surface area contributed by atoms with E-state index in [0.29, 0.717) is 42.0 Å². The van der Waals surface area contributed by atoms with Gasteiger partial charge in [0.2, 0.25) is 5.83 Å². The summed E-state index contributed by atoms with van der Waals surface area (Å²) in [6, 6.07) is 6.25. The van der Waals surface area contributed by atoms with Gasteiger partial charge in [0.25, 0.3) is 11.8 Å². The molecular weight excluding hydrogens is 525 g/mol. The average Bonchev–Trinajstić information content (AvgIpc) is 3.31. The lowest BCUT2D eigenvalue weighted by molar-refractivity contribution is -0.137. The fourth-order valence-corrected chi connectivity index (χ4v) is 5.22. The van der Waals surface area contributed by atoms with Gasteiger partial charge >= 0.3 is 11.9 Å². The standard InChI is InChI=1S/C33H28FNO6/c1-20-19-25(33(39)41-28-14-10-26(11-15-28)35-30(36)17-18-31(35)37)9-16-29(20)24-5-3-22(4-6-24)23-7-12-27(13-8-23)40-32(38)21(2)34/h3,5,7,9-12,14-18,20H,2,4,6,8,13,19H2,1H3. The number of esters is 2. The third-order valence-electron chi connectivity index (χ3n) is 7.39. The van der Waals surface area contributed by atoms with Crippen molar-refractivity contribution < 1.29 is 33.0 Å². The van der Waals surface area contributed by atoms with Crippen molar-refractivity contribution in [2.24, 2.45) is 5.92 Å². The molecule has 1 aliphatic heterocycles. The van der Waals surface area contributed by atoms with Crippen molar-refractivity contribution in [1.29, 1.82) is 0 Å². The molecule has 1 unspecified atom stereocenters. The molecule has 0 spiro atoms. The van der Waals surface area contributed by atoms with Crippen LogP contribution in [0.5, 0.6) is 5.75 Å². The Morgan fingerprint density at radius 1 is 0.829 bits per heavy atom. The first-order chi connectivity index (χ1) is 19.7. The highest BCUT2D eigenvalue weighted by Crippen LogP contribution is 2.37. The summed E-state index contributed by atoms with van der Waals surface area (Å²) >= 11 is 0. The van der Waals surface area contributed by atoms with Crippen LogP contribution in [0.25, 0.3) is 0 Å². The molecule has 1 heterocycles. The minimum absolute atomic E-state index is 0.130. The zero-order chi connectivity index (χ0) is 29.1. The highest BCUT2D eigenvalue weighted by atomic mass is 19.1. The monoisotopic (exact) mass is 553 g/mol. The maximum absolute atomic E-state index is 12.9. The van der Waals surface area contributed by atoms with Crippen molar-refractivity contribution in [2.75, 3.05) is 4.90 Å². The highest BCUT2D eigenvalue weighted by molar-refractivity contribution is 6.28. The Balaban J connectivity index is 1.21. The van der Waals surface area contributed by atoms with Crippen LogP contribution >= 0.6 is 0 Å². The van der Waals surface area contributed by atoms with E-state index >= 15 is 0 Å². The number of carbonyl (C=O) groups is 4. The number of nitrogens with zero attached hydrogens (tertiary/aromatic N) is 1. The number of rotatable bonds is 7. The second kappa shape index (κ2) is 11.7. The number of ether oxygens (including phenoxy) is 2. The van der Waals surface area contributed by atoms with Crippen molar-refractivity contribution in [2.45, 2.75) is 39.0 Å². The molecule has 0 saturated heterocycles. The third-order valence-corrected chi connectivity index (χ3v) is 7.39. The van der Waals surface area contributed by atoms with Crippen molar-refractivity contribution in [3.63, 3.8) is 0 Å². The molecule has 208 valence electrons. The molecule has 0 fully saturated rings. The summed E-state index contributed by atoms with van der Waals surface area (Å²) in [7, 11) is 0. The Kier molecular flexibility index (Phi) is 7.92. The van der Waals surface area contributed by atoms with Crippen LogP contribution in [0, 0.1) is 5.92 Å². The topological polar surface area (TPSA) is 90.0 Å². The number of imide groups is 1. The lowest BCUT2D eigenvalue weighted by Crippen LogP contribution is -2.29. The van der Waals surface area contributed by atoms with Crippen LogP contribution in [0.15, 0.2) is 119 Å². The quantitative estimate of drug-likeness (QED) is 0.173. The molecule has 8 heteroatoms. The molecule has 7 nitrogen and oxygen atoms in total. The van der Waals surface area contributed by atoms with Gasteiger partial charge in [-0.2, -0.15) is 4.39 Å². The van der Waals surface area contributed by atoms with E-state index < -0.39 is 29.6 Å². The Hall–Kier alpha value is -4.85. The number of anilines is 1. The number of hydrogen-bond donors (Lipinski definition) is 0. The number of benzene rings is 1. The molecule has 0 N–H and O–H groups in total. The lowest BCUT2D eigenvalue weighted by atomic mass is 9.80. The fraction of sp³-hybridized carbons (Fsp3) is 0.212. The van der Waals surface area contributed by atoms with Crippen molar-refractivity contribution in [3.05, 3.63) is 119 Å². The van der Waals surface area contributed by atoms with Crippen molar-refractivity contribution >= 4 is 29.4 Å². The lowest BCUT2D eigenvalue weighted by Gasteiger charge is -2.26. The first kappa shape index (κ1) is 27.7. The molecule has 3 aliphatic carbocycles. The summed E-state index contributed by atoms with van der Waals surface area (Å²) in [4.78, 5) is 49.0. The van der Waals surface area contributed by atoms with E-state index in [1.807, 2.05) is 18.2 Å². The minimum Gasteiger partial charge on any atom is -0.426 e. The van der Waals surface area contributed by atoms with Gasteiger partial charge in [-0.05, 0) is 84.2 Å². The molecule has 1 aromatic rings. The molecule has 4 aliphatic rings. The Labute approximate surface area is 237 Å². The van der Waals surface area contributed by atoms with Gasteiger partial charge < -0.3 is 9.47 Å². The number of amides is 2. The first-order valence-corrected chi connectivity index (χ1v) is 13.4. The van der Waals surface area contributed by atoms with E-state index in [0.717, 1.165) is 23.3 Å². The van der Waals surface area contributed by atoms with E-state index in [1.165, 1.54) is 28.9 Å². The second-order valence-electron chi connectivity index (χ2n) is 10.2. The van der Waals surface area contributed by atoms with Crippen LogP contribution in [-0.2, 0) is 23.9 Å². The summed E-state index contributed by atoms with van der Waals surface area (Å²) in [5.41, 5.74) is 5.77. The highest BCUT2D eigenvalue weighted by Gasteiger charge is 2.26. The van der Waals surface area contributed by atoms with Crippen LogP contribution in [0.3, 0.4) is 0 Å². The molecular formula is C33H28FNO6. The summed E-state index contributed by atoms with van der Waals surface area (Å²) in [5, 5.41) is 0. The Morgan fingerprint density at radius 2 is 1.44 bits per heavy atom. The number of allylic oxidation sites excluding steroid dienone is 11. The van der Waals surface area contributed by atoms with Gasteiger partial charge in [-0.25, -0.2) is 14.5 Å². The van der Waals surface area contributed by atoms with E-state index in [2.05, 4.69) is 25.7 Å². The van der Waals surface area contributed by atoms with E-state index in [1.54, 1.807) is 30.3 Å². The van der Waals surface area contributed by atoms with E-state index in [-0.39, 0.29) is 5.92 Å². The number of hydrogen-bond acceptors (Lipinski definition) is 6. The summed E-state index contributed by atoms with van der Waals surface area (Å²) in [5.74, 6) is -2.54. The van der Waals surface area contributed by atoms with Gasteiger partial charge in [-0.1, -0.05) is 43.9 Å². The zero-order valence-corrected chi connectivity index (χ0v) is 22.5. The summed E-state index contributed by atoms with van der Waals surface area (Å²) < 4.78 is 23.4. The van der Waals surface area contributed by atoms with Crippen LogP contribution in [0.1, 0.15) is 39.0 Å². The first-order valence-electron chi connectivity index (χ1n) is 13.4. The van der Waals surface area contributed by atoms with Crippen LogP contribution in [0.4, 0.5) is 10.1 Å². The van der Waals surface area contributed by atoms with Crippen LogP contribution in [-0.4, -0.2) is 23.8 Å². The number of carbonyl (C=O) groups excluding carboxylic acids is 4. The average molecular weight is 554 g/mol. The Morgan fingerprint density at radius 3 is 2.00 bits per heavy atom. The predicted molar refractivity (Wildman–Crippen MR) is 151 cm³/mol. The maximum atomic E-state index is 12.9. The van der Waals surface area contributed by atoms with E-state index in [9.17, 15) is 23.6 Å². The molecule has 0 aromatic heterocycles. The normalized spacial score (nSPS) is 20.3. The van der Waals surface area contributed by atoms with E-state index in [4.69, 9.17) is 9.47 Å². The summed E-state index contributed by atoms with van der Waals surface area (Å²) in [6.07, 6.45) is 17.6. The molecule has 2 amide bonds. The second-order valence-corrected chi connectivity index (χ2v) is 10.2. The molecule has 1 atom stereocenters. The van der Waals surface area contributed by atoms with Gasteiger partial charge in [0.15, 0.2) is 0 Å². The predicted octanol–water partition coefficient (Wildman–Crippen LogP) is 6.19. The molecule has 41 heavy (non-hydrogen) atoms. The smallest absolute Gasteiger partial charge is 0.371 e. The van der Waals surface area contributed by atoms with Gasteiger partial charge in [-0.15, -0.1) is 0 Å². The largest absolute Gasteiger partial charge is 0.426 e. The molecule has 0 saturated carbocycles. The number of halogens is 1. The van der Waals surface area contributed by atoms with Crippen LogP contribution in [0.2, 0.25) is 0 Å². The summed E-state index contributed by atoms with van der Waals surface area (Å²) in [6.45, 7) is 5.04. The van der Waals surface area contributed by atoms with Gasteiger partial charge in [0.1, 0.15) is 11.5 Å². The van der Waals surface area contributed by atoms with Crippen molar-refractivity contribution in [1.82, 2.24) is 0 Å². The van der Waals surface area contributed by atoms with Gasteiger partial charge in [0.05, 0.1) is 5.69 Å². The van der Waals surface area contributed by atoms with Crippen LogP contribution < -0.4 is 9.64 Å². The molecule has 0 bridgehead atoms. The van der Waals surface area contributed by atoms with Gasteiger partial charge in [-0.3, -0.25) is 9.59 Å². The van der Waals surface area contributed by atoms with Gasteiger partial charge in [0, 0.05) is 24.1 Å². The Bertz CT molecular complexity index is 1550. The van der Waals surface area contributed by atoms with Crippen molar-refractivity contribution in [3.8, 4) is 5.75 Å². The minimum atomic E-state index is -1.11. The third kappa shape index (κ3) is 6.17. The fourth-order valence-electron chi connectivity index (χ4n) is 5.22. The molecule has 5 rings (SSSR count). The zero-order valence-electron chi connectivity index (χ0n) is 22.5. The molecule has 0 radical (unpaired) electrons. The SMILES string of the molecule is C=C(F)C(=O)OC1=CC=C(C2=CC=C(C3=CC=C(C(=O)Oc4ccc(N5C(=O)C=CC5=O)cc4)CC3C)CC2)CC1.